The van der Waals surface area contributed by atoms with Gasteiger partial charge in [-0.1, -0.05) is 42.5 Å². The highest BCUT2D eigenvalue weighted by Gasteiger charge is 2.10. The molecule has 0 aliphatic rings. The van der Waals surface area contributed by atoms with Crippen LogP contribution in [0.4, 0.5) is 11.5 Å². The smallest absolute Gasteiger partial charge is 0.275 e. The fourth-order valence-electron chi connectivity index (χ4n) is 2.76. The monoisotopic (exact) mass is 360 g/mol. The SMILES string of the molecule is Cc1cccc(NC(=O)c2cnc(NCCCc3ccccc3)cn2)c1C. The van der Waals surface area contributed by atoms with Crippen LogP contribution in [0.1, 0.15) is 33.6 Å². The Hall–Kier alpha value is -3.21. The Bertz CT molecular complexity index is 892. The maximum absolute atomic E-state index is 12.4. The molecule has 0 radical (unpaired) electrons. The molecule has 0 saturated carbocycles. The average molecular weight is 360 g/mol. The van der Waals surface area contributed by atoms with Gasteiger partial charge in [-0.15, -0.1) is 0 Å². The van der Waals surface area contributed by atoms with Gasteiger partial charge < -0.3 is 10.6 Å². The van der Waals surface area contributed by atoms with Gasteiger partial charge in [0.05, 0.1) is 12.4 Å². The van der Waals surface area contributed by atoms with Gasteiger partial charge in [-0.2, -0.15) is 0 Å². The maximum atomic E-state index is 12.4. The van der Waals surface area contributed by atoms with E-state index in [-0.39, 0.29) is 5.91 Å². The molecule has 0 atom stereocenters. The zero-order valence-corrected chi connectivity index (χ0v) is 15.7. The topological polar surface area (TPSA) is 66.9 Å². The van der Waals surface area contributed by atoms with Crippen molar-refractivity contribution >= 4 is 17.4 Å². The molecule has 1 heterocycles. The average Bonchev–Trinajstić information content (AvgIpc) is 2.70. The third-order valence-electron chi connectivity index (χ3n) is 4.53. The first-order chi connectivity index (χ1) is 13.1. The number of amides is 1. The number of hydrogen-bond donors (Lipinski definition) is 2. The van der Waals surface area contributed by atoms with Crippen LogP contribution in [0, 0.1) is 13.8 Å². The predicted molar refractivity (Wildman–Crippen MR) is 109 cm³/mol. The van der Waals surface area contributed by atoms with E-state index < -0.39 is 0 Å². The fraction of sp³-hybridized carbons (Fsp3) is 0.227. The molecule has 0 unspecified atom stereocenters. The summed E-state index contributed by atoms with van der Waals surface area (Å²) in [6, 6.07) is 16.2. The van der Waals surface area contributed by atoms with Gasteiger partial charge in [-0.3, -0.25) is 4.79 Å². The van der Waals surface area contributed by atoms with E-state index in [2.05, 4.69) is 44.9 Å². The molecule has 0 spiro atoms. The van der Waals surface area contributed by atoms with Gasteiger partial charge in [0.2, 0.25) is 0 Å². The maximum Gasteiger partial charge on any atom is 0.275 e. The summed E-state index contributed by atoms with van der Waals surface area (Å²) in [6.45, 7) is 4.81. The second-order valence-corrected chi connectivity index (χ2v) is 6.50. The number of carbonyl (C=O) groups is 1. The molecular formula is C22H24N4O. The number of carbonyl (C=O) groups excluding carboxylic acids is 1. The minimum Gasteiger partial charge on any atom is -0.369 e. The largest absolute Gasteiger partial charge is 0.369 e. The van der Waals surface area contributed by atoms with Gasteiger partial charge in [0.1, 0.15) is 11.5 Å². The highest BCUT2D eigenvalue weighted by Crippen LogP contribution is 2.18. The van der Waals surface area contributed by atoms with E-state index in [0.717, 1.165) is 36.2 Å². The number of aryl methyl sites for hydroxylation is 2. The Labute approximate surface area is 159 Å². The van der Waals surface area contributed by atoms with E-state index in [9.17, 15) is 4.79 Å². The molecule has 0 bridgehead atoms. The predicted octanol–water partition coefficient (Wildman–Crippen LogP) is 4.39. The molecule has 5 heteroatoms. The van der Waals surface area contributed by atoms with E-state index >= 15 is 0 Å². The first-order valence-corrected chi connectivity index (χ1v) is 9.11. The third kappa shape index (κ3) is 5.14. The van der Waals surface area contributed by atoms with Crippen LogP contribution in [0.5, 0.6) is 0 Å². The van der Waals surface area contributed by atoms with E-state index in [0.29, 0.717) is 11.5 Å². The molecular weight excluding hydrogens is 336 g/mol. The van der Waals surface area contributed by atoms with Crippen molar-refractivity contribution in [2.45, 2.75) is 26.7 Å². The van der Waals surface area contributed by atoms with Crippen molar-refractivity contribution < 1.29 is 4.79 Å². The normalized spacial score (nSPS) is 10.4. The second-order valence-electron chi connectivity index (χ2n) is 6.50. The van der Waals surface area contributed by atoms with Crippen molar-refractivity contribution in [1.82, 2.24) is 9.97 Å². The van der Waals surface area contributed by atoms with Crippen molar-refractivity contribution in [2.75, 3.05) is 17.2 Å². The minimum atomic E-state index is -0.258. The molecule has 0 aliphatic heterocycles. The van der Waals surface area contributed by atoms with Gasteiger partial charge in [0.15, 0.2) is 0 Å². The first-order valence-electron chi connectivity index (χ1n) is 9.11. The molecule has 2 aromatic carbocycles. The fourth-order valence-corrected chi connectivity index (χ4v) is 2.76. The molecule has 3 aromatic rings. The summed E-state index contributed by atoms with van der Waals surface area (Å²) in [5.74, 6) is 0.415. The number of nitrogens with zero attached hydrogens (tertiary/aromatic N) is 2. The summed E-state index contributed by atoms with van der Waals surface area (Å²) in [4.78, 5) is 20.9. The molecule has 5 nitrogen and oxygen atoms in total. The highest BCUT2D eigenvalue weighted by atomic mass is 16.1. The van der Waals surface area contributed by atoms with Gasteiger partial charge in [-0.25, -0.2) is 9.97 Å². The van der Waals surface area contributed by atoms with Crippen LogP contribution in [0.25, 0.3) is 0 Å². The highest BCUT2D eigenvalue weighted by molar-refractivity contribution is 6.03. The van der Waals surface area contributed by atoms with Crippen LogP contribution in [0.2, 0.25) is 0 Å². The standard InChI is InChI=1S/C22H24N4O/c1-16-8-6-12-19(17(16)2)26-22(27)20-14-25-21(15-24-20)23-13-7-11-18-9-4-3-5-10-18/h3-6,8-10,12,14-15H,7,11,13H2,1-2H3,(H,23,25)(H,26,27). The lowest BCUT2D eigenvalue weighted by atomic mass is 10.1. The van der Waals surface area contributed by atoms with Gasteiger partial charge in [0, 0.05) is 12.2 Å². The first kappa shape index (κ1) is 18.6. The van der Waals surface area contributed by atoms with Crippen LogP contribution < -0.4 is 10.6 Å². The zero-order chi connectivity index (χ0) is 19.1. The Morgan fingerprint density at radius 3 is 2.52 bits per heavy atom. The molecule has 0 fully saturated rings. The minimum absolute atomic E-state index is 0.258. The summed E-state index contributed by atoms with van der Waals surface area (Å²) in [7, 11) is 0. The van der Waals surface area contributed by atoms with Crippen molar-refractivity contribution in [2.24, 2.45) is 0 Å². The number of rotatable bonds is 7. The lowest BCUT2D eigenvalue weighted by molar-refractivity contribution is 0.102. The van der Waals surface area contributed by atoms with Crippen LogP contribution in [0.15, 0.2) is 60.9 Å². The van der Waals surface area contributed by atoms with Crippen LogP contribution in [-0.2, 0) is 6.42 Å². The molecule has 2 N–H and O–H groups in total. The van der Waals surface area contributed by atoms with Crippen molar-refractivity contribution in [3.05, 3.63) is 83.3 Å². The van der Waals surface area contributed by atoms with E-state index in [1.807, 2.05) is 38.1 Å². The number of aromatic nitrogens is 2. The Morgan fingerprint density at radius 1 is 0.963 bits per heavy atom. The third-order valence-corrected chi connectivity index (χ3v) is 4.53. The molecule has 138 valence electrons. The molecule has 1 amide bonds. The summed E-state index contributed by atoms with van der Waals surface area (Å²) in [5, 5.41) is 6.14. The molecule has 1 aromatic heterocycles. The quantitative estimate of drug-likeness (QED) is 0.613. The van der Waals surface area contributed by atoms with Crippen molar-refractivity contribution in [3.63, 3.8) is 0 Å². The van der Waals surface area contributed by atoms with Crippen molar-refractivity contribution in [3.8, 4) is 0 Å². The van der Waals surface area contributed by atoms with E-state index in [1.165, 1.54) is 11.8 Å². The van der Waals surface area contributed by atoms with Crippen LogP contribution in [-0.4, -0.2) is 22.4 Å². The van der Waals surface area contributed by atoms with Crippen molar-refractivity contribution in [1.29, 1.82) is 0 Å². The summed E-state index contributed by atoms with van der Waals surface area (Å²) in [5.41, 5.74) is 4.60. The molecule has 27 heavy (non-hydrogen) atoms. The Balaban J connectivity index is 1.50. The molecule has 0 aliphatic carbocycles. The van der Waals surface area contributed by atoms with Gasteiger partial charge in [-0.05, 0) is 49.4 Å². The number of benzene rings is 2. The molecule has 0 saturated heterocycles. The second kappa shape index (κ2) is 8.94. The zero-order valence-electron chi connectivity index (χ0n) is 15.7. The summed E-state index contributed by atoms with van der Waals surface area (Å²) < 4.78 is 0. The number of anilines is 2. The molecule has 3 rings (SSSR count). The van der Waals surface area contributed by atoms with Gasteiger partial charge >= 0.3 is 0 Å². The lowest BCUT2D eigenvalue weighted by Gasteiger charge is -2.10. The number of nitrogens with one attached hydrogen (secondary N) is 2. The van der Waals surface area contributed by atoms with Crippen LogP contribution in [0.3, 0.4) is 0 Å². The Morgan fingerprint density at radius 2 is 1.78 bits per heavy atom. The van der Waals surface area contributed by atoms with E-state index in [1.54, 1.807) is 6.20 Å². The summed E-state index contributed by atoms with van der Waals surface area (Å²) >= 11 is 0. The number of hydrogen-bond acceptors (Lipinski definition) is 4. The van der Waals surface area contributed by atoms with E-state index in [4.69, 9.17) is 0 Å². The summed E-state index contributed by atoms with van der Waals surface area (Å²) in [6.07, 6.45) is 5.11. The Kier molecular flexibility index (Phi) is 6.15. The lowest BCUT2D eigenvalue weighted by Crippen LogP contribution is -2.15. The van der Waals surface area contributed by atoms with Gasteiger partial charge in [0.25, 0.3) is 5.91 Å². The van der Waals surface area contributed by atoms with Crippen LogP contribution >= 0.6 is 0 Å².